The van der Waals surface area contributed by atoms with Crippen molar-refractivity contribution in [3.8, 4) is 11.1 Å². The molecule has 0 amide bonds. The molecule has 0 saturated carbocycles. The zero-order chi connectivity index (χ0) is 23.1. The summed E-state index contributed by atoms with van der Waals surface area (Å²) in [7, 11) is 0. The van der Waals surface area contributed by atoms with Gasteiger partial charge in [0, 0.05) is 11.3 Å². The molecule has 1 heterocycles. The average molecular weight is 469 g/mol. The first kappa shape index (κ1) is 23.4. The molecular formula is C24H24N2O4S2. The molecule has 8 heteroatoms. The summed E-state index contributed by atoms with van der Waals surface area (Å²) in [4.78, 5) is 25.3. The molecule has 0 radical (unpaired) electrons. The average Bonchev–Trinajstić information content (AvgIpc) is 3.10. The molecule has 3 rings (SSSR count). The molecule has 32 heavy (non-hydrogen) atoms. The van der Waals surface area contributed by atoms with Crippen LogP contribution in [-0.2, 0) is 9.47 Å². The maximum Gasteiger partial charge on any atom is 0.348 e. The van der Waals surface area contributed by atoms with E-state index in [9.17, 15) is 9.59 Å². The lowest BCUT2D eigenvalue weighted by atomic mass is 10.0. The van der Waals surface area contributed by atoms with E-state index in [0.29, 0.717) is 15.4 Å². The van der Waals surface area contributed by atoms with Gasteiger partial charge in [0.25, 0.3) is 0 Å². The van der Waals surface area contributed by atoms with Crippen molar-refractivity contribution in [2.24, 2.45) is 0 Å². The summed E-state index contributed by atoms with van der Waals surface area (Å²) in [6.07, 6.45) is 0. The number of rotatable bonds is 7. The maximum absolute atomic E-state index is 12.6. The van der Waals surface area contributed by atoms with Crippen molar-refractivity contribution in [1.29, 1.82) is 0 Å². The SMILES string of the molecule is CCOC(=O)c1sc(NC(=S)Nc2ccccc2-c2ccccc2)c(C(=O)OCC)c1C. The van der Waals surface area contributed by atoms with Gasteiger partial charge >= 0.3 is 11.9 Å². The van der Waals surface area contributed by atoms with Crippen LogP contribution in [0.3, 0.4) is 0 Å². The predicted octanol–water partition coefficient (Wildman–Crippen LogP) is 5.89. The van der Waals surface area contributed by atoms with Gasteiger partial charge in [-0.25, -0.2) is 9.59 Å². The Morgan fingerprint density at radius 2 is 1.53 bits per heavy atom. The Morgan fingerprint density at radius 1 is 0.906 bits per heavy atom. The summed E-state index contributed by atoms with van der Waals surface area (Å²) in [5.41, 5.74) is 3.62. The Bertz CT molecular complexity index is 1130. The van der Waals surface area contributed by atoms with Crippen LogP contribution in [0.15, 0.2) is 54.6 Å². The fourth-order valence-electron chi connectivity index (χ4n) is 3.16. The van der Waals surface area contributed by atoms with Gasteiger partial charge < -0.3 is 20.1 Å². The normalized spacial score (nSPS) is 10.3. The Kier molecular flexibility index (Phi) is 7.97. The van der Waals surface area contributed by atoms with E-state index >= 15 is 0 Å². The molecule has 0 fully saturated rings. The monoisotopic (exact) mass is 468 g/mol. The lowest BCUT2D eigenvalue weighted by molar-refractivity contribution is 0.0527. The third-order valence-corrected chi connectivity index (χ3v) is 5.97. The molecule has 0 saturated heterocycles. The van der Waals surface area contributed by atoms with Gasteiger partial charge in [-0.2, -0.15) is 0 Å². The molecule has 3 aromatic rings. The lowest BCUT2D eigenvalue weighted by Crippen LogP contribution is -2.20. The van der Waals surface area contributed by atoms with Gasteiger partial charge in [-0.3, -0.25) is 0 Å². The number of thiocarbonyl (C=S) groups is 1. The van der Waals surface area contributed by atoms with Crippen LogP contribution in [0.1, 0.15) is 39.4 Å². The van der Waals surface area contributed by atoms with Crippen molar-refractivity contribution in [1.82, 2.24) is 0 Å². The van der Waals surface area contributed by atoms with E-state index in [4.69, 9.17) is 21.7 Å². The molecule has 0 aliphatic rings. The van der Waals surface area contributed by atoms with Crippen LogP contribution >= 0.6 is 23.6 Å². The number of hydrogen-bond acceptors (Lipinski definition) is 6. The largest absolute Gasteiger partial charge is 0.462 e. The highest BCUT2D eigenvalue weighted by Gasteiger charge is 2.27. The number of nitrogens with one attached hydrogen (secondary N) is 2. The molecule has 2 aromatic carbocycles. The van der Waals surface area contributed by atoms with Crippen molar-refractivity contribution in [3.63, 3.8) is 0 Å². The van der Waals surface area contributed by atoms with Crippen LogP contribution in [0.25, 0.3) is 11.1 Å². The summed E-state index contributed by atoms with van der Waals surface area (Å²) in [5, 5.41) is 6.98. The Hall–Kier alpha value is -3.23. The number of esters is 2. The predicted molar refractivity (Wildman–Crippen MR) is 133 cm³/mol. The second-order valence-electron chi connectivity index (χ2n) is 6.69. The number of para-hydroxylation sites is 1. The third kappa shape index (κ3) is 5.33. The highest BCUT2D eigenvalue weighted by atomic mass is 32.1. The Morgan fingerprint density at radius 3 is 2.22 bits per heavy atom. The van der Waals surface area contributed by atoms with Crippen LogP contribution in [0, 0.1) is 6.92 Å². The molecule has 0 unspecified atom stereocenters. The van der Waals surface area contributed by atoms with Crippen LogP contribution in [0.5, 0.6) is 0 Å². The minimum Gasteiger partial charge on any atom is -0.462 e. The topological polar surface area (TPSA) is 76.7 Å². The molecule has 2 N–H and O–H groups in total. The van der Waals surface area contributed by atoms with E-state index in [0.717, 1.165) is 28.2 Å². The summed E-state index contributed by atoms with van der Waals surface area (Å²) >= 11 is 6.64. The number of ether oxygens (including phenoxy) is 2. The van der Waals surface area contributed by atoms with E-state index in [2.05, 4.69) is 10.6 Å². The third-order valence-electron chi connectivity index (χ3n) is 4.57. The molecule has 1 aromatic heterocycles. The van der Waals surface area contributed by atoms with E-state index in [1.165, 1.54) is 0 Å². The number of carbonyl (C=O) groups excluding carboxylic acids is 2. The van der Waals surface area contributed by atoms with Crippen molar-refractivity contribution >= 4 is 51.3 Å². The van der Waals surface area contributed by atoms with Crippen molar-refractivity contribution < 1.29 is 19.1 Å². The van der Waals surface area contributed by atoms with E-state index in [1.54, 1.807) is 20.8 Å². The first-order valence-electron chi connectivity index (χ1n) is 10.2. The van der Waals surface area contributed by atoms with Crippen molar-refractivity contribution in [3.05, 3.63) is 70.6 Å². The smallest absolute Gasteiger partial charge is 0.348 e. The molecule has 0 bridgehead atoms. The van der Waals surface area contributed by atoms with Gasteiger partial charge in [0.05, 0.1) is 18.8 Å². The second kappa shape index (κ2) is 10.9. The number of carbonyl (C=O) groups is 2. The quantitative estimate of drug-likeness (QED) is 0.331. The summed E-state index contributed by atoms with van der Waals surface area (Å²) in [5.74, 6) is -1.01. The number of hydrogen-bond donors (Lipinski definition) is 2. The van der Waals surface area contributed by atoms with Crippen LogP contribution < -0.4 is 10.6 Å². The minimum absolute atomic E-state index is 0.218. The first-order valence-corrected chi connectivity index (χ1v) is 11.4. The van der Waals surface area contributed by atoms with Gasteiger partial charge in [-0.1, -0.05) is 48.5 Å². The summed E-state index contributed by atoms with van der Waals surface area (Å²) < 4.78 is 10.3. The molecule has 0 spiro atoms. The second-order valence-corrected chi connectivity index (χ2v) is 8.12. The molecule has 6 nitrogen and oxygen atoms in total. The van der Waals surface area contributed by atoms with Crippen LogP contribution in [0.2, 0.25) is 0 Å². The zero-order valence-corrected chi connectivity index (χ0v) is 19.7. The van der Waals surface area contributed by atoms with Crippen molar-refractivity contribution in [2.75, 3.05) is 23.8 Å². The van der Waals surface area contributed by atoms with E-state index in [1.807, 2.05) is 54.6 Å². The van der Waals surface area contributed by atoms with E-state index in [-0.39, 0.29) is 23.9 Å². The molecule has 0 atom stereocenters. The lowest BCUT2D eigenvalue weighted by Gasteiger charge is -2.14. The fraction of sp³-hybridized carbons (Fsp3) is 0.208. The molecule has 0 aliphatic heterocycles. The number of anilines is 2. The van der Waals surface area contributed by atoms with Gasteiger partial charge in [-0.05, 0) is 50.2 Å². The zero-order valence-electron chi connectivity index (χ0n) is 18.1. The van der Waals surface area contributed by atoms with Crippen LogP contribution in [0.4, 0.5) is 10.7 Å². The molecule has 166 valence electrons. The van der Waals surface area contributed by atoms with Crippen molar-refractivity contribution in [2.45, 2.75) is 20.8 Å². The highest BCUT2D eigenvalue weighted by molar-refractivity contribution is 7.80. The van der Waals surface area contributed by atoms with Gasteiger partial charge in [0.2, 0.25) is 0 Å². The summed E-state index contributed by atoms with van der Waals surface area (Å²) in [6, 6.07) is 17.7. The first-order chi connectivity index (χ1) is 15.5. The summed E-state index contributed by atoms with van der Waals surface area (Å²) in [6.45, 7) is 5.61. The van der Waals surface area contributed by atoms with Gasteiger partial charge in [0.15, 0.2) is 5.11 Å². The maximum atomic E-state index is 12.6. The van der Waals surface area contributed by atoms with Gasteiger partial charge in [-0.15, -0.1) is 11.3 Å². The highest BCUT2D eigenvalue weighted by Crippen LogP contribution is 2.35. The number of benzene rings is 2. The minimum atomic E-state index is -0.521. The molecular weight excluding hydrogens is 444 g/mol. The standard InChI is InChI=1S/C24H24N2O4S2/c1-4-29-22(27)19-15(3)20(23(28)30-5-2)32-21(19)26-24(31)25-18-14-10-9-13-17(18)16-11-7-6-8-12-16/h6-14H,4-5H2,1-3H3,(H2,25,26,31). The molecule has 0 aliphatic carbocycles. The Balaban J connectivity index is 1.89. The number of thiophene rings is 1. The Labute approximate surface area is 196 Å². The fourth-order valence-corrected chi connectivity index (χ4v) is 4.53. The van der Waals surface area contributed by atoms with E-state index < -0.39 is 11.9 Å². The van der Waals surface area contributed by atoms with Crippen LogP contribution in [-0.4, -0.2) is 30.3 Å². The van der Waals surface area contributed by atoms with Gasteiger partial charge in [0.1, 0.15) is 9.88 Å².